The Morgan fingerprint density at radius 3 is 2.55 bits per heavy atom. The monoisotopic (exact) mass is 276 g/mol. The third-order valence-electron chi connectivity index (χ3n) is 5.07. The lowest BCUT2D eigenvalue weighted by Crippen LogP contribution is -2.49. The molecule has 20 heavy (non-hydrogen) atoms. The van der Waals surface area contributed by atoms with Crippen molar-refractivity contribution in [2.24, 2.45) is 0 Å². The number of hydrogen-bond donors (Lipinski definition) is 1. The van der Waals surface area contributed by atoms with Crippen molar-refractivity contribution < 1.29 is 4.42 Å². The molecule has 112 valence electrons. The van der Waals surface area contributed by atoms with Crippen LogP contribution in [0.15, 0.2) is 16.5 Å². The van der Waals surface area contributed by atoms with E-state index in [0.717, 1.165) is 23.6 Å². The van der Waals surface area contributed by atoms with Crippen LogP contribution in [0, 0.1) is 6.92 Å². The van der Waals surface area contributed by atoms with Crippen LogP contribution < -0.4 is 5.32 Å². The predicted octanol–water partition coefficient (Wildman–Crippen LogP) is 3.64. The molecule has 3 heteroatoms. The molecule has 3 heterocycles. The number of aryl methyl sites for hydroxylation is 1. The molecule has 2 aliphatic rings. The summed E-state index contributed by atoms with van der Waals surface area (Å²) in [7, 11) is 0. The van der Waals surface area contributed by atoms with E-state index in [1.54, 1.807) is 0 Å². The van der Waals surface area contributed by atoms with Gasteiger partial charge in [-0.05, 0) is 64.6 Å². The quantitative estimate of drug-likeness (QED) is 0.890. The zero-order chi connectivity index (χ0) is 14.1. The van der Waals surface area contributed by atoms with Crippen LogP contribution >= 0.6 is 0 Å². The summed E-state index contributed by atoms with van der Waals surface area (Å²) < 4.78 is 5.88. The van der Waals surface area contributed by atoms with Gasteiger partial charge in [0.15, 0.2) is 0 Å². The first kappa shape index (κ1) is 14.2. The lowest BCUT2D eigenvalue weighted by molar-refractivity contribution is 0.0898. The van der Waals surface area contributed by atoms with Gasteiger partial charge in [0.05, 0.1) is 6.04 Å². The Morgan fingerprint density at radius 2 is 2.00 bits per heavy atom. The fraction of sp³-hybridized carbons (Fsp3) is 0.765. The minimum Gasteiger partial charge on any atom is -0.465 e. The maximum Gasteiger partial charge on any atom is 0.121 e. The molecule has 0 radical (unpaired) electrons. The molecule has 2 fully saturated rings. The summed E-state index contributed by atoms with van der Waals surface area (Å²) in [5.41, 5.74) is 0. The average molecular weight is 276 g/mol. The molecule has 3 unspecified atom stereocenters. The summed E-state index contributed by atoms with van der Waals surface area (Å²) in [6.45, 7) is 7.79. The molecule has 3 rings (SSSR count). The van der Waals surface area contributed by atoms with Gasteiger partial charge >= 0.3 is 0 Å². The molecule has 0 saturated carbocycles. The molecular weight excluding hydrogens is 248 g/mol. The van der Waals surface area contributed by atoms with E-state index in [4.69, 9.17) is 4.42 Å². The molecule has 3 atom stereocenters. The smallest absolute Gasteiger partial charge is 0.121 e. The molecule has 0 aliphatic carbocycles. The highest BCUT2D eigenvalue weighted by Gasteiger charge is 2.37. The predicted molar refractivity (Wildman–Crippen MR) is 81.8 cm³/mol. The number of furan rings is 1. The van der Waals surface area contributed by atoms with Crippen LogP contribution in [-0.2, 0) is 0 Å². The largest absolute Gasteiger partial charge is 0.465 e. The third-order valence-corrected chi connectivity index (χ3v) is 5.07. The molecular formula is C17H28N2O. The maximum absolute atomic E-state index is 5.88. The summed E-state index contributed by atoms with van der Waals surface area (Å²) >= 11 is 0. The van der Waals surface area contributed by atoms with Gasteiger partial charge < -0.3 is 9.73 Å². The van der Waals surface area contributed by atoms with Crippen LogP contribution in [-0.4, -0.2) is 29.6 Å². The van der Waals surface area contributed by atoms with Gasteiger partial charge in [0.25, 0.3) is 0 Å². The van der Waals surface area contributed by atoms with E-state index in [-0.39, 0.29) is 0 Å². The number of fused-ring (bicyclic) bond motifs is 2. The Balaban J connectivity index is 1.74. The highest BCUT2D eigenvalue weighted by atomic mass is 16.3. The molecule has 1 aromatic rings. The van der Waals surface area contributed by atoms with E-state index in [0.29, 0.717) is 12.1 Å². The van der Waals surface area contributed by atoms with Gasteiger partial charge in [-0.2, -0.15) is 0 Å². The third kappa shape index (κ3) is 2.79. The minimum absolute atomic E-state index is 0.395. The second kappa shape index (κ2) is 5.90. The highest BCUT2D eigenvalue weighted by Crippen LogP contribution is 2.34. The van der Waals surface area contributed by atoms with E-state index in [2.05, 4.69) is 36.2 Å². The molecule has 0 aromatic carbocycles. The van der Waals surface area contributed by atoms with Crippen molar-refractivity contribution in [3.05, 3.63) is 23.7 Å². The van der Waals surface area contributed by atoms with E-state index < -0.39 is 0 Å². The van der Waals surface area contributed by atoms with Crippen LogP contribution in [0.1, 0.15) is 63.5 Å². The highest BCUT2D eigenvalue weighted by molar-refractivity contribution is 5.10. The van der Waals surface area contributed by atoms with Crippen molar-refractivity contribution in [2.75, 3.05) is 6.54 Å². The molecule has 2 bridgehead atoms. The van der Waals surface area contributed by atoms with Crippen LogP contribution in [0.2, 0.25) is 0 Å². The first-order valence-corrected chi connectivity index (χ1v) is 8.25. The Bertz CT molecular complexity index is 430. The summed E-state index contributed by atoms with van der Waals surface area (Å²) in [4.78, 5) is 2.68. The van der Waals surface area contributed by atoms with E-state index in [1.807, 2.05) is 6.92 Å². The molecule has 1 N–H and O–H groups in total. The first-order chi connectivity index (χ1) is 9.67. The maximum atomic E-state index is 5.88. The summed E-state index contributed by atoms with van der Waals surface area (Å²) in [6, 6.07) is 6.85. The number of rotatable bonds is 5. The normalized spacial score (nSPS) is 30.9. The SMILES string of the molecule is CCCN(C1CC2CCC(C1)N2)C(C)c1ccc(C)o1. The molecule has 2 aliphatic heterocycles. The topological polar surface area (TPSA) is 28.4 Å². The Kier molecular flexibility index (Phi) is 4.18. The van der Waals surface area contributed by atoms with Crippen LogP contribution in [0.5, 0.6) is 0 Å². The summed E-state index contributed by atoms with van der Waals surface area (Å²) in [6.07, 6.45) is 6.56. The van der Waals surface area contributed by atoms with Gasteiger partial charge in [-0.1, -0.05) is 6.92 Å². The number of piperidine rings is 1. The molecule has 0 spiro atoms. The fourth-order valence-corrected chi connectivity index (χ4v) is 4.09. The number of hydrogen-bond acceptors (Lipinski definition) is 3. The average Bonchev–Trinajstić information content (AvgIpc) is 3.01. The van der Waals surface area contributed by atoms with Crippen LogP contribution in [0.25, 0.3) is 0 Å². The van der Waals surface area contributed by atoms with Crippen molar-refractivity contribution in [3.8, 4) is 0 Å². The Hall–Kier alpha value is -0.800. The van der Waals surface area contributed by atoms with Crippen LogP contribution in [0.4, 0.5) is 0 Å². The van der Waals surface area contributed by atoms with E-state index in [1.165, 1.54) is 38.6 Å². The molecule has 3 nitrogen and oxygen atoms in total. The second-order valence-corrected chi connectivity index (χ2v) is 6.63. The molecule has 1 aromatic heterocycles. The summed E-state index contributed by atoms with van der Waals surface area (Å²) in [5.74, 6) is 2.15. The molecule has 0 amide bonds. The van der Waals surface area contributed by atoms with Gasteiger partial charge in [0, 0.05) is 18.1 Å². The lowest BCUT2D eigenvalue weighted by Gasteiger charge is -2.40. The molecule has 2 saturated heterocycles. The minimum atomic E-state index is 0.395. The van der Waals surface area contributed by atoms with Gasteiger partial charge in [-0.25, -0.2) is 0 Å². The van der Waals surface area contributed by atoms with Gasteiger partial charge in [-0.3, -0.25) is 4.90 Å². The summed E-state index contributed by atoms with van der Waals surface area (Å²) in [5, 5.41) is 3.75. The standard InChI is InChI=1S/C17H28N2O/c1-4-9-19(13(3)17-8-5-12(2)20-17)16-10-14-6-7-15(11-16)18-14/h5,8,13-16,18H,4,6-7,9-11H2,1-3H3. The fourth-order valence-electron chi connectivity index (χ4n) is 4.09. The van der Waals surface area contributed by atoms with Crippen molar-refractivity contribution in [3.63, 3.8) is 0 Å². The zero-order valence-electron chi connectivity index (χ0n) is 13.1. The number of nitrogens with zero attached hydrogens (tertiary/aromatic N) is 1. The zero-order valence-corrected chi connectivity index (χ0v) is 13.1. The van der Waals surface area contributed by atoms with Gasteiger partial charge in [-0.15, -0.1) is 0 Å². The van der Waals surface area contributed by atoms with Crippen molar-refractivity contribution >= 4 is 0 Å². The van der Waals surface area contributed by atoms with E-state index >= 15 is 0 Å². The number of nitrogens with one attached hydrogen (secondary N) is 1. The van der Waals surface area contributed by atoms with Crippen LogP contribution in [0.3, 0.4) is 0 Å². The first-order valence-electron chi connectivity index (χ1n) is 8.25. The van der Waals surface area contributed by atoms with Crippen molar-refractivity contribution in [2.45, 2.75) is 77.0 Å². The lowest BCUT2D eigenvalue weighted by atomic mass is 9.96. The second-order valence-electron chi connectivity index (χ2n) is 6.63. The Morgan fingerprint density at radius 1 is 1.30 bits per heavy atom. The Labute approximate surface area is 122 Å². The van der Waals surface area contributed by atoms with E-state index in [9.17, 15) is 0 Å². The van der Waals surface area contributed by atoms with Gasteiger partial charge in [0.1, 0.15) is 11.5 Å². The van der Waals surface area contributed by atoms with Crippen molar-refractivity contribution in [1.82, 2.24) is 10.2 Å². The van der Waals surface area contributed by atoms with Crippen molar-refractivity contribution in [1.29, 1.82) is 0 Å². The van der Waals surface area contributed by atoms with Gasteiger partial charge in [0.2, 0.25) is 0 Å².